The molecule has 1 amide bonds. The van der Waals surface area contributed by atoms with Crippen LogP contribution in [0.1, 0.15) is 31.3 Å². The zero-order valence-corrected chi connectivity index (χ0v) is 8.20. The standard InChI is InChI=1S/C10H15NO2/c1-7(2)8(3)11-10(12)9-5-4-6-13-9/h4-8H,1-3H3,(H,11,12)/t8-/m1/s1. The highest BCUT2D eigenvalue weighted by Gasteiger charge is 2.13. The molecule has 0 aliphatic heterocycles. The van der Waals surface area contributed by atoms with Crippen molar-refractivity contribution in [3.05, 3.63) is 24.2 Å². The first-order valence-electron chi connectivity index (χ1n) is 4.45. The molecule has 0 fully saturated rings. The lowest BCUT2D eigenvalue weighted by Gasteiger charge is -2.16. The summed E-state index contributed by atoms with van der Waals surface area (Å²) in [6, 6.07) is 3.52. The monoisotopic (exact) mass is 181 g/mol. The lowest BCUT2D eigenvalue weighted by molar-refractivity contribution is 0.0902. The normalized spacial score (nSPS) is 12.9. The van der Waals surface area contributed by atoms with Crippen molar-refractivity contribution in [1.82, 2.24) is 5.32 Å². The average molecular weight is 181 g/mol. The molecular weight excluding hydrogens is 166 g/mol. The van der Waals surface area contributed by atoms with Gasteiger partial charge in [-0.25, -0.2) is 0 Å². The maximum absolute atomic E-state index is 11.4. The van der Waals surface area contributed by atoms with E-state index < -0.39 is 0 Å². The largest absolute Gasteiger partial charge is 0.459 e. The van der Waals surface area contributed by atoms with Crippen molar-refractivity contribution >= 4 is 5.91 Å². The van der Waals surface area contributed by atoms with E-state index in [1.165, 1.54) is 6.26 Å². The van der Waals surface area contributed by atoms with Gasteiger partial charge in [0, 0.05) is 6.04 Å². The molecule has 0 spiro atoms. The maximum atomic E-state index is 11.4. The van der Waals surface area contributed by atoms with E-state index in [-0.39, 0.29) is 11.9 Å². The van der Waals surface area contributed by atoms with E-state index in [0.29, 0.717) is 11.7 Å². The Bertz CT molecular complexity index is 264. The minimum atomic E-state index is -0.147. The van der Waals surface area contributed by atoms with E-state index in [1.807, 2.05) is 6.92 Å². The van der Waals surface area contributed by atoms with Gasteiger partial charge in [-0.3, -0.25) is 4.79 Å². The highest BCUT2D eigenvalue weighted by Crippen LogP contribution is 2.04. The maximum Gasteiger partial charge on any atom is 0.287 e. The average Bonchev–Trinajstić information content (AvgIpc) is 2.55. The zero-order valence-electron chi connectivity index (χ0n) is 8.20. The first kappa shape index (κ1) is 9.84. The highest BCUT2D eigenvalue weighted by molar-refractivity contribution is 5.91. The smallest absolute Gasteiger partial charge is 0.287 e. The fraction of sp³-hybridized carbons (Fsp3) is 0.500. The van der Waals surface area contributed by atoms with Crippen molar-refractivity contribution in [3.63, 3.8) is 0 Å². The topological polar surface area (TPSA) is 42.2 Å². The third-order valence-electron chi connectivity index (χ3n) is 2.10. The van der Waals surface area contributed by atoms with Crippen molar-refractivity contribution in [2.75, 3.05) is 0 Å². The molecule has 13 heavy (non-hydrogen) atoms. The molecule has 0 saturated carbocycles. The second kappa shape index (κ2) is 4.12. The second-order valence-corrected chi connectivity index (χ2v) is 3.48. The molecule has 0 aliphatic rings. The number of amides is 1. The fourth-order valence-corrected chi connectivity index (χ4v) is 0.852. The molecule has 1 rings (SSSR count). The summed E-state index contributed by atoms with van der Waals surface area (Å²) < 4.78 is 4.96. The summed E-state index contributed by atoms with van der Waals surface area (Å²) in [4.78, 5) is 11.4. The van der Waals surface area contributed by atoms with Crippen molar-refractivity contribution < 1.29 is 9.21 Å². The van der Waals surface area contributed by atoms with Crippen LogP contribution in [0.15, 0.2) is 22.8 Å². The van der Waals surface area contributed by atoms with Gasteiger partial charge < -0.3 is 9.73 Å². The van der Waals surface area contributed by atoms with E-state index in [2.05, 4.69) is 19.2 Å². The summed E-state index contributed by atoms with van der Waals surface area (Å²) in [7, 11) is 0. The molecule has 1 heterocycles. The predicted octanol–water partition coefficient (Wildman–Crippen LogP) is 2.05. The van der Waals surface area contributed by atoms with Gasteiger partial charge in [-0.15, -0.1) is 0 Å². The van der Waals surface area contributed by atoms with Gasteiger partial charge in [-0.05, 0) is 25.0 Å². The van der Waals surface area contributed by atoms with Gasteiger partial charge in [0.15, 0.2) is 5.76 Å². The predicted molar refractivity (Wildman–Crippen MR) is 50.5 cm³/mol. The Morgan fingerprint density at radius 1 is 1.46 bits per heavy atom. The Kier molecular flexibility index (Phi) is 3.12. The summed E-state index contributed by atoms with van der Waals surface area (Å²) in [6.07, 6.45) is 1.49. The number of carbonyl (C=O) groups is 1. The van der Waals surface area contributed by atoms with E-state index in [4.69, 9.17) is 4.42 Å². The Balaban J connectivity index is 2.52. The van der Waals surface area contributed by atoms with Crippen LogP contribution in [0.25, 0.3) is 0 Å². The van der Waals surface area contributed by atoms with Crippen LogP contribution >= 0.6 is 0 Å². The van der Waals surface area contributed by atoms with Crippen molar-refractivity contribution in [3.8, 4) is 0 Å². The van der Waals surface area contributed by atoms with Gasteiger partial charge in [0.05, 0.1) is 6.26 Å². The Morgan fingerprint density at radius 3 is 2.62 bits per heavy atom. The number of rotatable bonds is 3. The Morgan fingerprint density at radius 2 is 2.15 bits per heavy atom. The van der Waals surface area contributed by atoms with Crippen LogP contribution in [-0.4, -0.2) is 11.9 Å². The van der Waals surface area contributed by atoms with Crippen LogP contribution in [-0.2, 0) is 0 Å². The molecule has 0 aliphatic carbocycles. The van der Waals surface area contributed by atoms with E-state index in [9.17, 15) is 4.79 Å². The number of furan rings is 1. The van der Waals surface area contributed by atoms with Gasteiger partial charge in [-0.1, -0.05) is 13.8 Å². The first-order chi connectivity index (χ1) is 6.11. The molecule has 0 unspecified atom stereocenters. The quantitative estimate of drug-likeness (QED) is 0.775. The number of hydrogen-bond donors (Lipinski definition) is 1. The molecule has 0 aromatic carbocycles. The molecule has 0 bridgehead atoms. The molecule has 1 aromatic heterocycles. The van der Waals surface area contributed by atoms with E-state index >= 15 is 0 Å². The van der Waals surface area contributed by atoms with Crippen LogP contribution in [0, 0.1) is 5.92 Å². The van der Waals surface area contributed by atoms with Crippen LogP contribution in [0.5, 0.6) is 0 Å². The van der Waals surface area contributed by atoms with E-state index in [1.54, 1.807) is 12.1 Å². The van der Waals surface area contributed by atoms with Crippen molar-refractivity contribution in [2.24, 2.45) is 5.92 Å². The fourth-order valence-electron chi connectivity index (χ4n) is 0.852. The minimum Gasteiger partial charge on any atom is -0.459 e. The number of hydrogen-bond acceptors (Lipinski definition) is 2. The summed E-state index contributed by atoms with van der Waals surface area (Å²) in [5.41, 5.74) is 0. The SMILES string of the molecule is CC(C)[C@@H](C)NC(=O)c1ccco1. The molecule has 3 nitrogen and oxygen atoms in total. The molecule has 72 valence electrons. The molecule has 3 heteroatoms. The van der Waals surface area contributed by atoms with Crippen molar-refractivity contribution in [1.29, 1.82) is 0 Å². The third kappa shape index (κ3) is 2.61. The number of nitrogens with one attached hydrogen (secondary N) is 1. The number of carbonyl (C=O) groups excluding carboxylic acids is 1. The van der Waals surface area contributed by atoms with Crippen LogP contribution < -0.4 is 5.32 Å². The molecule has 1 aromatic rings. The summed E-state index contributed by atoms with van der Waals surface area (Å²) in [5, 5.41) is 2.85. The Hall–Kier alpha value is -1.25. The molecule has 1 atom stereocenters. The molecule has 0 radical (unpaired) electrons. The van der Waals surface area contributed by atoms with Gasteiger partial charge in [0.2, 0.25) is 0 Å². The summed E-state index contributed by atoms with van der Waals surface area (Å²) >= 11 is 0. The van der Waals surface area contributed by atoms with Gasteiger partial charge in [0.1, 0.15) is 0 Å². The van der Waals surface area contributed by atoms with E-state index in [0.717, 1.165) is 0 Å². The van der Waals surface area contributed by atoms with Gasteiger partial charge in [-0.2, -0.15) is 0 Å². The van der Waals surface area contributed by atoms with Gasteiger partial charge >= 0.3 is 0 Å². The van der Waals surface area contributed by atoms with Crippen LogP contribution in [0.2, 0.25) is 0 Å². The molecular formula is C10H15NO2. The third-order valence-corrected chi connectivity index (χ3v) is 2.10. The summed E-state index contributed by atoms with van der Waals surface area (Å²) in [6.45, 7) is 6.10. The lowest BCUT2D eigenvalue weighted by atomic mass is 10.1. The highest BCUT2D eigenvalue weighted by atomic mass is 16.3. The Labute approximate surface area is 78.1 Å². The van der Waals surface area contributed by atoms with Crippen LogP contribution in [0.4, 0.5) is 0 Å². The first-order valence-corrected chi connectivity index (χ1v) is 4.45. The van der Waals surface area contributed by atoms with Crippen molar-refractivity contribution in [2.45, 2.75) is 26.8 Å². The molecule has 0 saturated heterocycles. The minimum absolute atomic E-state index is 0.147. The van der Waals surface area contributed by atoms with Crippen LogP contribution in [0.3, 0.4) is 0 Å². The van der Waals surface area contributed by atoms with Gasteiger partial charge in [0.25, 0.3) is 5.91 Å². The summed E-state index contributed by atoms with van der Waals surface area (Å²) in [5.74, 6) is 0.651. The zero-order chi connectivity index (χ0) is 9.84. The second-order valence-electron chi connectivity index (χ2n) is 3.48. The lowest BCUT2D eigenvalue weighted by Crippen LogP contribution is -2.35. The molecule has 1 N–H and O–H groups in total.